The molecule has 0 aromatic heterocycles. The highest BCUT2D eigenvalue weighted by molar-refractivity contribution is 5.80. The van der Waals surface area contributed by atoms with E-state index in [9.17, 15) is 4.79 Å². The third-order valence-corrected chi connectivity index (χ3v) is 4.29. The van der Waals surface area contributed by atoms with Gasteiger partial charge < -0.3 is 0 Å². The molecule has 0 aromatic rings. The van der Waals surface area contributed by atoms with E-state index < -0.39 is 0 Å². The van der Waals surface area contributed by atoms with Gasteiger partial charge in [0.15, 0.2) is 0 Å². The first-order valence-corrected chi connectivity index (χ1v) is 7.80. The molecule has 1 fully saturated rings. The molecule has 0 unspecified atom stereocenters. The van der Waals surface area contributed by atoms with Gasteiger partial charge >= 0.3 is 0 Å². The molecule has 1 heteroatoms. The summed E-state index contributed by atoms with van der Waals surface area (Å²) in [5.74, 6) is 1.91. The van der Waals surface area contributed by atoms with Crippen molar-refractivity contribution in [1.29, 1.82) is 0 Å². The molecule has 1 aliphatic rings. The second-order valence-electron chi connectivity index (χ2n) is 5.78. The van der Waals surface area contributed by atoms with E-state index in [0.29, 0.717) is 11.7 Å². The maximum absolute atomic E-state index is 12.0. The Morgan fingerprint density at radius 3 is 2.18 bits per heavy atom. The molecule has 0 amide bonds. The summed E-state index contributed by atoms with van der Waals surface area (Å²) in [6.07, 6.45) is 13.5. The van der Waals surface area contributed by atoms with E-state index in [0.717, 1.165) is 18.8 Å². The van der Waals surface area contributed by atoms with Gasteiger partial charge in [-0.3, -0.25) is 4.79 Å². The van der Waals surface area contributed by atoms with Crippen LogP contribution in [0.2, 0.25) is 0 Å². The fourth-order valence-electron chi connectivity index (χ4n) is 3.02. The van der Waals surface area contributed by atoms with E-state index in [1.54, 1.807) is 0 Å². The molecule has 0 spiro atoms. The number of Topliss-reactive ketones (excluding diaryl/α,β-unsaturated/α-hetero) is 1. The van der Waals surface area contributed by atoms with E-state index in [4.69, 9.17) is 0 Å². The van der Waals surface area contributed by atoms with Crippen molar-refractivity contribution in [1.82, 2.24) is 0 Å². The number of carbonyl (C=O) groups excluding carboxylic acids is 1. The molecule has 100 valence electrons. The molecule has 0 bridgehead atoms. The Kier molecular flexibility index (Phi) is 7.55. The molecule has 1 aliphatic carbocycles. The highest BCUT2D eigenvalue weighted by Crippen LogP contribution is 2.33. The summed E-state index contributed by atoms with van der Waals surface area (Å²) in [5, 5.41) is 0. The zero-order valence-corrected chi connectivity index (χ0v) is 11.8. The van der Waals surface area contributed by atoms with Gasteiger partial charge in [0.2, 0.25) is 0 Å². The summed E-state index contributed by atoms with van der Waals surface area (Å²) in [6.45, 7) is 4.46. The van der Waals surface area contributed by atoms with Crippen molar-refractivity contribution >= 4 is 5.78 Å². The molecule has 0 heterocycles. The molecule has 0 aliphatic heterocycles. The van der Waals surface area contributed by atoms with Crippen LogP contribution in [-0.4, -0.2) is 5.78 Å². The van der Waals surface area contributed by atoms with Crippen LogP contribution < -0.4 is 0 Å². The second-order valence-corrected chi connectivity index (χ2v) is 5.78. The van der Waals surface area contributed by atoms with Gasteiger partial charge in [-0.25, -0.2) is 0 Å². The average molecular weight is 238 g/mol. The van der Waals surface area contributed by atoms with E-state index in [1.807, 2.05) is 0 Å². The van der Waals surface area contributed by atoms with E-state index >= 15 is 0 Å². The lowest BCUT2D eigenvalue weighted by Crippen LogP contribution is -2.21. The fraction of sp³-hybridized carbons (Fsp3) is 0.938. The number of unbranched alkanes of at least 4 members (excludes halogenated alkanes) is 3. The Hall–Kier alpha value is -0.330. The van der Waals surface area contributed by atoms with Gasteiger partial charge in [-0.1, -0.05) is 46.0 Å². The van der Waals surface area contributed by atoms with Gasteiger partial charge in [-0.15, -0.1) is 0 Å². The first-order chi connectivity index (χ1) is 8.27. The number of rotatable bonds is 8. The first kappa shape index (κ1) is 14.7. The minimum Gasteiger partial charge on any atom is -0.299 e. The summed E-state index contributed by atoms with van der Waals surface area (Å²) in [4.78, 5) is 12.0. The minimum absolute atomic E-state index is 0.421. The Balaban J connectivity index is 2.15. The van der Waals surface area contributed by atoms with Crippen LogP contribution in [0.3, 0.4) is 0 Å². The van der Waals surface area contributed by atoms with Crippen LogP contribution in [-0.2, 0) is 4.79 Å². The molecule has 0 atom stereocenters. The van der Waals surface area contributed by atoms with Gasteiger partial charge in [-0.2, -0.15) is 0 Å². The van der Waals surface area contributed by atoms with Gasteiger partial charge in [0.25, 0.3) is 0 Å². The third kappa shape index (κ3) is 5.70. The van der Waals surface area contributed by atoms with Gasteiger partial charge in [0.05, 0.1) is 0 Å². The number of ketones is 1. The summed E-state index contributed by atoms with van der Waals surface area (Å²) in [5.41, 5.74) is 0. The van der Waals surface area contributed by atoms with Gasteiger partial charge in [0.1, 0.15) is 5.78 Å². The maximum atomic E-state index is 12.0. The van der Waals surface area contributed by atoms with Crippen molar-refractivity contribution in [2.75, 3.05) is 0 Å². The second kappa shape index (κ2) is 8.72. The molecule has 0 radical (unpaired) electrons. The highest BCUT2D eigenvalue weighted by Gasteiger charge is 2.25. The Morgan fingerprint density at radius 1 is 0.941 bits per heavy atom. The van der Waals surface area contributed by atoms with Crippen molar-refractivity contribution in [3.05, 3.63) is 0 Å². The lowest BCUT2D eigenvalue weighted by molar-refractivity contribution is -0.124. The number of carbonyl (C=O) groups is 1. The molecular formula is C16H30O. The molecule has 1 saturated carbocycles. The Morgan fingerprint density at radius 2 is 1.59 bits per heavy atom. The monoisotopic (exact) mass is 238 g/mol. The van der Waals surface area contributed by atoms with Crippen LogP contribution in [0.5, 0.6) is 0 Å². The predicted octanol–water partition coefficient (Wildman–Crippen LogP) is 5.13. The minimum atomic E-state index is 0.421. The number of hydrogen-bond acceptors (Lipinski definition) is 1. The molecule has 17 heavy (non-hydrogen) atoms. The van der Waals surface area contributed by atoms with E-state index in [-0.39, 0.29) is 0 Å². The van der Waals surface area contributed by atoms with Crippen LogP contribution in [0.4, 0.5) is 0 Å². The van der Waals surface area contributed by atoms with Gasteiger partial charge in [-0.05, 0) is 38.0 Å². The van der Waals surface area contributed by atoms with E-state index in [1.165, 1.54) is 57.8 Å². The Labute approximate surface area is 107 Å². The van der Waals surface area contributed by atoms with Crippen LogP contribution in [0.15, 0.2) is 0 Å². The SMILES string of the molecule is CCCCCC(=O)C1CCC(CCCC)CC1. The van der Waals surface area contributed by atoms with Crippen LogP contribution in [0, 0.1) is 11.8 Å². The Bertz CT molecular complexity index is 202. The van der Waals surface area contributed by atoms with Crippen LogP contribution in [0.1, 0.15) is 84.5 Å². The van der Waals surface area contributed by atoms with Crippen molar-refractivity contribution in [3.8, 4) is 0 Å². The summed E-state index contributed by atoms with van der Waals surface area (Å²) in [6, 6.07) is 0. The lowest BCUT2D eigenvalue weighted by atomic mass is 9.77. The van der Waals surface area contributed by atoms with Crippen molar-refractivity contribution < 1.29 is 4.79 Å². The zero-order valence-electron chi connectivity index (χ0n) is 11.8. The van der Waals surface area contributed by atoms with Crippen LogP contribution in [0.25, 0.3) is 0 Å². The molecular weight excluding hydrogens is 208 g/mol. The molecule has 0 aromatic carbocycles. The normalized spacial score (nSPS) is 24.8. The molecule has 0 saturated heterocycles. The number of hydrogen-bond donors (Lipinski definition) is 0. The fourth-order valence-corrected chi connectivity index (χ4v) is 3.02. The van der Waals surface area contributed by atoms with Crippen LogP contribution >= 0.6 is 0 Å². The van der Waals surface area contributed by atoms with Gasteiger partial charge in [0, 0.05) is 12.3 Å². The maximum Gasteiger partial charge on any atom is 0.135 e. The largest absolute Gasteiger partial charge is 0.299 e. The quantitative estimate of drug-likeness (QED) is 0.536. The summed E-state index contributed by atoms with van der Waals surface area (Å²) in [7, 11) is 0. The highest BCUT2D eigenvalue weighted by atomic mass is 16.1. The topological polar surface area (TPSA) is 17.1 Å². The van der Waals surface area contributed by atoms with Crippen molar-refractivity contribution in [3.63, 3.8) is 0 Å². The predicted molar refractivity (Wildman–Crippen MR) is 74.1 cm³/mol. The molecule has 1 rings (SSSR count). The van der Waals surface area contributed by atoms with E-state index in [2.05, 4.69) is 13.8 Å². The summed E-state index contributed by atoms with van der Waals surface area (Å²) >= 11 is 0. The third-order valence-electron chi connectivity index (χ3n) is 4.29. The zero-order chi connectivity index (χ0) is 12.5. The summed E-state index contributed by atoms with van der Waals surface area (Å²) < 4.78 is 0. The van der Waals surface area contributed by atoms with Crippen molar-refractivity contribution in [2.45, 2.75) is 84.5 Å². The average Bonchev–Trinajstić information content (AvgIpc) is 2.37. The lowest BCUT2D eigenvalue weighted by Gasteiger charge is -2.27. The molecule has 1 nitrogen and oxygen atoms in total. The standard InChI is InChI=1S/C16H30O/c1-3-5-7-9-16(17)15-12-10-14(11-13-15)8-6-4-2/h14-15H,3-13H2,1-2H3. The smallest absolute Gasteiger partial charge is 0.135 e. The van der Waals surface area contributed by atoms with Crippen molar-refractivity contribution in [2.24, 2.45) is 11.8 Å². The molecule has 0 N–H and O–H groups in total. The first-order valence-electron chi connectivity index (χ1n) is 7.80.